The molecule has 4 heteroatoms. The van der Waals surface area contributed by atoms with E-state index in [-0.39, 0.29) is 18.8 Å². The number of terminal acetylenes is 1. The van der Waals surface area contributed by atoms with Crippen LogP contribution in [0.1, 0.15) is 30.9 Å². The maximum absolute atomic E-state index is 14.3. The van der Waals surface area contributed by atoms with E-state index in [1.807, 2.05) is 4.90 Å². The smallest absolute Gasteiger partial charge is 0.128 e. The second kappa shape index (κ2) is 6.24. The number of nitriles is 1. The third-order valence-corrected chi connectivity index (χ3v) is 4.27. The summed E-state index contributed by atoms with van der Waals surface area (Å²) >= 11 is 0. The van der Waals surface area contributed by atoms with Crippen molar-refractivity contribution in [3.05, 3.63) is 35.1 Å². The molecular weight excluding hydrogens is 270 g/mol. The van der Waals surface area contributed by atoms with Crippen LogP contribution in [0, 0.1) is 34.9 Å². The van der Waals surface area contributed by atoms with Crippen molar-refractivity contribution in [3.63, 3.8) is 0 Å². The standard InChI is InChI=1S/C17H18F2N2/c1-3-13-4-5-14(15(18)10-13)11-21-9-7-17(2,6-8-20)16(19)12-21/h1,4-5,10,16H,6-7,9,11-12H2,2H3. The van der Waals surface area contributed by atoms with Crippen LogP contribution in [0.5, 0.6) is 0 Å². The first kappa shape index (κ1) is 15.5. The van der Waals surface area contributed by atoms with E-state index in [0.29, 0.717) is 30.6 Å². The van der Waals surface area contributed by atoms with Crippen LogP contribution in [0.15, 0.2) is 18.2 Å². The number of alkyl halides is 1. The van der Waals surface area contributed by atoms with Gasteiger partial charge in [-0.05, 0) is 25.1 Å². The lowest BCUT2D eigenvalue weighted by Gasteiger charge is -2.41. The molecule has 1 aromatic carbocycles. The summed E-state index contributed by atoms with van der Waals surface area (Å²) in [4.78, 5) is 1.89. The van der Waals surface area contributed by atoms with Crippen LogP contribution in [-0.2, 0) is 6.54 Å². The Labute approximate surface area is 124 Å². The first-order valence-electron chi connectivity index (χ1n) is 6.97. The van der Waals surface area contributed by atoms with Crippen LogP contribution in [-0.4, -0.2) is 24.2 Å². The van der Waals surface area contributed by atoms with Crippen LogP contribution in [0.4, 0.5) is 8.78 Å². The number of benzene rings is 1. The Kier molecular flexibility index (Phi) is 4.60. The van der Waals surface area contributed by atoms with Crippen LogP contribution in [0.25, 0.3) is 0 Å². The fourth-order valence-electron chi connectivity index (χ4n) is 2.64. The van der Waals surface area contributed by atoms with Gasteiger partial charge in [0.25, 0.3) is 0 Å². The van der Waals surface area contributed by atoms with Gasteiger partial charge in [-0.3, -0.25) is 4.90 Å². The van der Waals surface area contributed by atoms with E-state index in [1.54, 1.807) is 19.1 Å². The van der Waals surface area contributed by atoms with Crippen LogP contribution >= 0.6 is 0 Å². The predicted molar refractivity (Wildman–Crippen MR) is 77.5 cm³/mol. The minimum Gasteiger partial charge on any atom is -0.296 e. The number of nitrogens with zero attached hydrogens (tertiary/aromatic N) is 2. The molecule has 0 radical (unpaired) electrons. The highest BCUT2D eigenvalue weighted by molar-refractivity contribution is 5.35. The molecule has 1 aromatic rings. The van der Waals surface area contributed by atoms with Gasteiger partial charge in [0.2, 0.25) is 0 Å². The zero-order valence-corrected chi connectivity index (χ0v) is 12.1. The van der Waals surface area contributed by atoms with E-state index < -0.39 is 11.6 Å². The molecular formula is C17H18F2N2. The first-order chi connectivity index (χ1) is 9.98. The summed E-state index contributed by atoms with van der Waals surface area (Å²) in [6, 6.07) is 6.73. The van der Waals surface area contributed by atoms with E-state index in [0.717, 1.165) is 0 Å². The van der Waals surface area contributed by atoms with Crippen LogP contribution < -0.4 is 0 Å². The highest BCUT2D eigenvalue weighted by atomic mass is 19.1. The molecule has 1 saturated heterocycles. The summed E-state index contributed by atoms with van der Waals surface area (Å²) in [7, 11) is 0. The van der Waals surface area contributed by atoms with Gasteiger partial charge in [-0.25, -0.2) is 8.78 Å². The third-order valence-electron chi connectivity index (χ3n) is 4.27. The third kappa shape index (κ3) is 3.40. The molecule has 2 rings (SSSR count). The van der Waals surface area contributed by atoms with Crippen molar-refractivity contribution in [2.24, 2.45) is 5.41 Å². The average Bonchev–Trinajstić information content (AvgIpc) is 2.45. The SMILES string of the molecule is C#Cc1ccc(CN2CCC(C)(CC#N)C(F)C2)c(F)c1. The molecule has 2 unspecified atom stereocenters. The molecule has 0 spiro atoms. The second-order valence-electron chi connectivity index (χ2n) is 5.89. The van der Waals surface area contributed by atoms with Gasteiger partial charge in [0.1, 0.15) is 12.0 Å². The molecule has 1 aliphatic rings. The van der Waals surface area contributed by atoms with Gasteiger partial charge in [-0.2, -0.15) is 5.26 Å². The summed E-state index contributed by atoms with van der Waals surface area (Å²) in [5.41, 5.74) is 0.432. The highest BCUT2D eigenvalue weighted by Gasteiger charge is 2.39. The summed E-state index contributed by atoms with van der Waals surface area (Å²) < 4.78 is 28.2. The minimum atomic E-state index is -1.07. The van der Waals surface area contributed by atoms with E-state index in [9.17, 15) is 8.78 Å². The predicted octanol–water partition coefficient (Wildman–Crippen LogP) is 3.27. The molecule has 0 N–H and O–H groups in total. The Bertz CT molecular complexity index is 600. The topological polar surface area (TPSA) is 27.0 Å². The molecule has 1 aliphatic heterocycles. The number of rotatable bonds is 3. The quantitative estimate of drug-likeness (QED) is 0.798. The molecule has 0 aromatic heterocycles. The molecule has 0 aliphatic carbocycles. The fourth-order valence-corrected chi connectivity index (χ4v) is 2.64. The number of halogens is 2. The molecule has 1 heterocycles. The lowest BCUT2D eigenvalue weighted by atomic mass is 9.76. The van der Waals surface area contributed by atoms with Gasteiger partial charge < -0.3 is 0 Å². The molecule has 110 valence electrons. The molecule has 2 nitrogen and oxygen atoms in total. The van der Waals surface area contributed by atoms with E-state index >= 15 is 0 Å². The largest absolute Gasteiger partial charge is 0.296 e. The zero-order chi connectivity index (χ0) is 15.5. The Morgan fingerprint density at radius 1 is 1.52 bits per heavy atom. The zero-order valence-electron chi connectivity index (χ0n) is 12.1. The number of hydrogen-bond donors (Lipinski definition) is 0. The fraction of sp³-hybridized carbons (Fsp3) is 0.471. The van der Waals surface area contributed by atoms with Crippen molar-refractivity contribution in [1.29, 1.82) is 5.26 Å². The van der Waals surface area contributed by atoms with Gasteiger partial charge >= 0.3 is 0 Å². The van der Waals surface area contributed by atoms with Crippen molar-refractivity contribution < 1.29 is 8.78 Å². The second-order valence-corrected chi connectivity index (χ2v) is 5.89. The van der Waals surface area contributed by atoms with Crippen molar-refractivity contribution in [2.45, 2.75) is 32.5 Å². The maximum Gasteiger partial charge on any atom is 0.128 e. The normalized spacial score (nSPS) is 26.0. The molecule has 0 amide bonds. The lowest BCUT2D eigenvalue weighted by molar-refractivity contribution is 0.0182. The van der Waals surface area contributed by atoms with Crippen molar-refractivity contribution in [2.75, 3.05) is 13.1 Å². The van der Waals surface area contributed by atoms with Gasteiger partial charge in [-0.15, -0.1) is 6.42 Å². The minimum absolute atomic E-state index is 0.216. The highest BCUT2D eigenvalue weighted by Crippen LogP contribution is 2.36. The summed E-state index contributed by atoms with van der Waals surface area (Å²) in [6.07, 6.45) is 4.97. The number of hydrogen-bond acceptors (Lipinski definition) is 2. The van der Waals surface area contributed by atoms with Crippen molar-refractivity contribution in [3.8, 4) is 18.4 Å². The number of likely N-dealkylation sites (tertiary alicyclic amines) is 1. The first-order valence-corrected chi connectivity index (χ1v) is 6.97. The lowest BCUT2D eigenvalue weighted by Crippen LogP contribution is -2.47. The van der Waals surface area contributed by atoms with Gasteiger partial charge in [0.05, 0.1) is 6.07 Å². The Morgan fingerprint density at radius 2 is 2.29 bits per heavy atom. The number of piperidine rings is 1. The van der Waals surface area contributed by atoms with Gasteiger partial charge in [0, 0.05) is 36.1 Å². The van der Waals surface area contributed by atoms with Gasteiger partial charge in [0.15, 0.2) is 0 Å². The average molecular weight is 288 g/mol. The van der Waals surface area contributed by atoms with Crippen LogP contribution in [0.3, 0.4) is 0 Å². The Morgan fingerprint density at radius 3 is 2.86 bits per heavy atom. The van der Waals surface area contributed by atoms with Gasteiger partial charge in [-0.1, -0.05) is 18.9 Å². The molecule has 1 fully saturated rings. The van der Waals surface area contributed by atoms with Crippen molar-refractivity contribution >= 4 is 0 Å². The molecule has 21 heavy (non-hydrogen) atoms. The maximum atomic E-state index is 14.3. The Hall–Kier alpha value is -1.91. The summed E-state index contributed by atoms with van der Waals surface area (Å²) in [5.74, 6) is 2.03. The van der Waals surface area contributed by atoms with E-state index in [4.69, 9.17) is 11.7 Å². The Balaban J connectivity index is 2.03. The summed E-state index contributed by atoms with van der Waals surface area (Å²) in [6.45, 7) is 3.06. The van der Waals surface area contributed by atoms with E-state index in [2.05, 4.69) is 12.0 Å². The monoisotopic (exact) mass is 288 g/mol. The van der Waals surface area contributed by atoms with Crippen molar-refractivity contribution in [1.82, 2.24) is 4.90 Å². The van der Waals surface area contributed by atoms with Crippen LogP contribution in [0.2, 0.25) is 0 Å². The molecule has 0 bridgehead atoms. The van der Waals surface area contributed by atoms with E-state index in [1.165, 1.54) is 6.07 Å². The summed E-state index contributed by atoms with van der Waals surface area (Å²) in [5, 5.41) is 8.79. The molecule has 2 atom stereocenters. The molecule has 0 saturated carbocycles.